The molecule has 1 N–H and O–H groups in total. The third kappa shape index (κ3) is 11.5. The molecule has 1 amide bonds. The number of hydrogen-bond donors (Lipinski definition) is 1. The summed E-state index contributed by atoms with van der Waals surface area (Å²) in [4.78, 5) is 25.2. The zero-order valence-corrected chi connectivity index (χ0v) is 38.4. The number of ether oxygens (including phenoxy) is 4. The molecule has 0 bridgehead atoms. The van der Waals surface area contributed by atoms with Gasteiger partial charge in [-0.1, -0.05) is 54.6 Å². The molecule has 65 heavy (non-hydrogen) atoms. The van der Waals surface area contributed by atoms with Crippen LogP contribution in [-0.2, 0) is 28.9 Å². The second kappa shape index (κ2) is 22.2. The Bertz CT molecular complexity index is 2380. The number of thioether (sulfide) groups is 1. The van der Waals surface area contributed by atoms with Crippen molar-refractivity contribution in [3.8, 4) is 23.6 Å². The molecule has 4 unspecified atom stereocenters. The number of nitriles is 2. The molecule has 0 aliphatic carbocycles. The van der Waals surface area contributed by atoms with Gasteiger partial charge in [0.15, 0.2) is 5.65 Å². The SMILES string of the molecule is COc1ccc(C(OCC2OC(n3cnc4c(SCCC#N)nc(NC(=O)C(F)(F)F)nc43)CC2OP(OCCC#N)N(C(C)C)C(C)C)(c2ccccc2)c2ccc(OC)cc2)cc1. The first kappa shape index (κ1) is 49.1. The standard InChI is InChI=1S/C45H50F3N8O7PS/c1-29(2)56(30(3)4)64(61-24-10-22-49)63-36-26-38(55-28-51-39-40(55)52-43(54-42(57)45(46,47)48)53-41(39)65-25-11-23-50)62-37(36)27-60-44(31-12-8-7-9-13-31,32-14-18-34(58-5)19-15-32)33-16-20-35(59-6)21-17-33/h7-9,12-21,28-30,36-38H,10-11,24-27H2,1-6H3,(H,52,53,54,57). The predicted octanol–water partition coefficient (Wildman–Crippen LogP) is 9.31. The highest BCUT2D eigenvalue weighted by molar-refractivity contribution is 7.99. The van der Waals surface area contributed by atoms with Gasteiger partial charge in [0.2, 0.25) is 5.95 Å². The lowest BCUT2D eigenvalue weighted by Crippen LogP contribution is -2.39. The number of hydrogen-bond acceptors (Lipinski definition) is 14. The first-order valence-electron chi connectivity index (χ1n) is 20.8. The first-order valence-corrected chi connectivity index (χ1v) is 22.9. The van der Waals surface area contributed by atoms with Crippen LogP contribution >= 0.6 is 20.3 Å². The second-order valence-corrected chi connectivity index (χ2v) is 17.7. The summed E-state index contributed by atoms with van der Waals surface area (Å²) in [6.07, 6.45) is -5.79. The first-order chi connectivity index (χ1) is 31.2. The fraction of sp³-hybridized carbons (Fsp3) is 0.422. The normalized spacial score (nSPS) is 17.0. The molecule has 5 aromatic rings. The summed E-state index contributed by atoms with van der Waals surface area (Å²) >= 11 is 1.09. The number of halogens is 3. The number of nitrogens with one attached hydrogen (secondary N) is 1. The maximum absolute atomic E-state index is 13.4. The molecular weight excluding hydrogens is 885 g/mol. The Morgan fingerprint density at radius 1 is 0.923 bits per heavy atom. The van der Waals surface area contributed by atoms with Crippen molar-refractivity contribution >= 4 is 43.3 Å². The van der Waals surface area contributed by atoms with Gasteiger partial charge in [-0.3, -0.25) is 14.7 Å². The molecule has 2 aromatic heterocycles. The number of amides is 1. The van der Waals surface area contributed by atoms with Crippen LogP contribution in [0.1, 0.15) is 69.9 Å². The Morgan fingerprint density at radius 2 is 1.52 bits per heavy atom. The van der Waals surface area contributed by atoms with Crippen molar-refractivity contribution in [2.45, 2.75) is 94.3 Å². The van der Waals surface area contributed by atoms with Gasteiger partial charge >= 0.3 is 12.1 Å². The minimum atomic E-state index is -5.21. The smallest absolute Gasteiger partial charge is 0.471 e. The molecule has 0 spiro atoms. The monoisotopic (exact) mass is 934 g/mol. The van der Waals surface area contributed by atoms with Crippen molar-refractivity contribution in [1.82, 2.24) is 24.2 Å². The summed E-state index contributed by atoms with van der Waals surface area (Å²) in [5.41, 5.74) is 1.44. The zero-order chi connectivity index (χ0) is 46.7. The van der Waals surface area contributed by atoms with Crippen LogP contribution in [0.4, 0.5) is 19.1 Å². The van der Waals surface area contributed by atoms with Crippen LogP contribution in [0.3, 0.4) is 0 Å². The number of rotatable bonds is 21. The summed E-state index contributed by atoms with van der Waals surface area (Å²) in [5.74, 6) is -1.30. The number of nitrogens with zero attached hydrogens (tertiary/aromatic N) is 7. The summed E-state index contributed by atoms with van der Waals surface area (Å²) < 4.78 is 82.5. The van der Waals surface area contributed by atoms with Crippen molar-refractivity contribution in [2.75, 3.05) is 38.5 Å². The highest BCUT2D eigenvalue weighted by Crippen LogP contribution is 2.51. The summed E-state index contributed by atoms with van der Waals surface area (Å²) in [7, 11) is 1.38. The molecule has 1 aliphatic heterocycles. The molecule has 0 radical (unpaired) electrons. The lowest BCUT2D eigenvalue weighted by Gasteiger charge is -2.39. The fourth-order valence-corrected chi connectivity index (χ4v) is 10.0. The molecule has 1 fully saturated rings. The number of alkyl halides is 3. The van der Waals surface area contributed by atoms with Crippen LogP contribution in [0.15, 0.2) is 90.2 Å². The zero-order valence-electron chi connectivity index (χ0n) is 36.7. The molecule has 0 saturated carbocycles. The van der Waals surface area contributed by atoms with Gasteiger partial charge in [-0.25, -0.2) is 14.6 Å². The Kier molecular flexibility index (Phi) is 16.8. The van der Waals surface area contributed by atoms with Gasteiger partial charge in [-0.2, -0.15) is 28.7 Å². The Balaban J connectivity index is 1.47. The number of carbonyl (C=O) groups excluding carboxylic acids is 1. The summed E-state index contributed by atoms with van der Waals surface area (Å²) in [6, 6.07) is 29.0. The van der Waals surface area contributed by atoms with E-state index >= 15 is 0 Å². The van der Waals surface area contributed by atoms with E-state index in [0.717, 1.165) is 28.5 Å². The summed E-state index contributed by atoms with van der Waals surface area (Å²) in [6.45, 7) is 8.15. The molecule has 1 aliphatic rings. The maximum atomic E-state index is 13.4. The third-order valence-corrected chi connectivity index (χ3v) is 13.5. The van der Waals surface area contributed by atoms with Crippen molar-refractivity contribution < 1.29 is 46.0 Å². The van der Waals surface area contributed by atoms with Crippen molar-refractivity contribution in [3.05, 3.63) is 102 Å². The number of imidazole rings is 1. The molecule has 3 aromatic carbocycles. The quantitative estimate of drug-likeness (QED) is 0.0242. The van der Waals surface area contributed by atoms with Crippen molar-refractivity contribution in [2.24, 2.45) is 0 Å². The van der Waals surface area contributed by atoms with Crippen LogP contribution < -0.4 is 14.8 Å². The van der Waals surface area contributed by atoms with Crippen LogP contribution in [0.2, 0.25) is 0 Å². The minimum absolute atomic E-state index is 0.0246. The highest BCUT2D eigenvalue weighted by Gasteiger charge is 2.46. The average Bonchev–Trinajstić information content (AvgIpc) is 3.90. The van der Waals surface area contributed by atoms with E-state index in [2.05, 4.69) is 25.7 Å². The third-order valence-electron chi connectivity index (χ3n) is 10.3. The van der Waals surface area contributed by atoms with E-state index in [-0.39, 0.29) is 66.5 Å². The molecule has 6 rings (SSSR count). The Morgan fingerprint density at radius 3 is 2.08 bits per heavy atom. The Hall–Kier alpha value is -5.37. The Labute approximate surface area is 381 Å². The van der Waals surface area contributed by atoms with E-state index in [1.165, 1.54) is 6.33 Å². The van der Waals surface area contributed by atoms with E-state index in [1.54, 1.807) is 24.1 Å². The van der Waals surface area contributed by atoms with Crippen molar-refractivity contribution in [3.63, 3.8) is 0 Å². The van der Waals surface area contributed by atoms with Crippen LogP contribution in [0.5, 0.6) is 11.5 Å². The number of benzene rings is 3. The van der Waals surface area contributed by atoms with E-state index in [9.17, 15) is 28.5 Å². The topological polar surface area (TPSA) is 179 Å². The molecule has 20 heteroatoms. The number of methoxy groups -OCH3 is 2. The minimum Gasteiger partial charge on any atom is -0.497 e. The molecular formula is C45H50F3N8O7PS. The number of anilines is 1. The van der Waals surface area contributed by atoms with E-state index < -0.39 is 50.6 Å². The lowest BCUT2D eigenvalue weighted by molar-refractivity contribution is -0.167. The molecule has 1 saturated heterocycles. The van der Waals surface area contributed by atoms with E-state index in [1.807, 2.05) is 113 Å². The maximum Gasteiger partial charge on any atom is 0.471 e. The van der Waals surface area contributed by atoms with Gasteiger partial charge in [0, 0.05) is 30.7 Å². The van der Waals surface area contributed by atoms with Gasteiger partial charge in [0.25, 0.3) is 8.53 Å². The predicted molar refractivity (Wildman–Crippen MR) is 238 cm³/mol. The number of carbonyl (C=O) groups is 1. The van der Waals surface area contributed by atoms with E-state index in [0.29, 0.717) is 11.5 Å². The van der Waals surface area contributed by atoms with Crippen LogP contribution in [0, 0.1) is 22.7 Å². The number of fused-ring (bicyclic) bond motifs is 1. The number of aromatic nitrogens is 4. The van der Waals surface area contributed by atoms with Gasteiger partial charge < -0.3 is 28.0 Å². The molecule has 344 valence electrons. The highest BCUT2D eigenvalue weighted by atomic mass is 32.2. The molecule has 4 atom stereocenters. The van der Waals surface area contributed by atoms with Gasteiger partial charge in [-0.15, -0.1) is 11.8 Å². The largest absolute Gasteiger partial charge is 0.497 e. The molecule has 3 heterocycles. The fourth-order valence-electron chi connectivity index (χ4n) is 7.45. The van der Waals surface area contributed by atoms with Crippen LogP contribution in [0.25, 0.3) is 11.2 Å². The summed E-state index contributed by atoms with van der Waals surface area (Å²) in [5, 5.41) is 20.5. The van der Waals surface area contributed by atoms with Crippen LogP contribution in [-0.4, -0.2) is 93.8 Å². The van der Waals surface area contributed by atoms with Gasteiger partial charge in [0.05, 0.1) is 58.4 Å². The lowest BCUT2D eigenvalue weighted by atomic mass is 9.80. The van der Waals surface area contributed by atoms with Crippen molar-refractivity contribution in [1.29, 1.82) is 10.5 Å². The average molecular weight is 935 g/mol. The second-order valence-electron chi connectivity index (χ2n) is 15.3. The van der Waals surface area contributed by atoms with E-state index in [4.69, 9.17) is 28.0 Å². The van der Waals surface area contributed by atoms with Gasteiger partial charge in [-0.05, 0) is 68.7 Å². The molecule has 15 nitrogen and oxygen atoms in total. The van der Waals surface area contributed by atoms with Gasteiger partial charge in [0.1, 0.15) is 40.0 Å².